The highest BCUT2D eigenvalue weighted by Gasteiger charge is 2.18. The maximum absolute atomic E-state index is 2.43. The van der Waals surface area contributed by atoms with Crippen molar-refractivity contribution in [2.45, 2.75) is 26.2 Å². The van der Waals surface area contributed by atoms with Gasteiger partial charge in [0.1, 0.15) is 0 Å². The summed E-state index contributed by atoms with van der Waals surface area (Å²) < 4.78 is 4.85. The predicted molar refractivity (Wildman–Crippen MR) is 230 cm³/mol. The number of benzene rings is 8. The van der Waals surface area contributed by atoms with Crippen molar-refractivity contribution in [2.75, 3.05) is 0 Å². The Kier molecular flexibility index (Phi) is 7.42. The molecule has 0 amide bonds. The number of nitrogens with zero attached hydrogens (tertiary/aromatic N) is 2. The molecule has 0 atom stereocenters. The summed E-state index contributed by atoms with van der Waals surface area (Å²) in [5.41, 5.74) is 15.9. The summed E-state index contributed by atoms with van der Waals surface area (Å²) in [5, 5.41) is 5.01. The van der Waals surface area contributed by atoms with Crippen molar-refractivity contribution < 1.29 is 0 Å². The third kappa shape index (κ3) is 5.25. The van der Waals surface area contributed by atoms with Gasteiger partial charge in [-0.2, -0.15) is 0 Å². The van der Waals surface area contributed by atoms with Crippen LogP contribution in [0.1, 0.15) is 26.3 Å². The zero-order chi connectivity index (χ0) is 36.4. The van der Waals surface area contributed by atoms with E-state index in [4.69, 9.17) is 0 Å². The first-order chi connectivity index (χ1) is 26.4. The average molecular weight is 693 g/mol. The van der Waals surface area contributed by atoms with E-state index < -0.39 is 0 Å². The first-order valence-corrected chi connectivity index (χ1v) is 18.9. The highest BCUT2D eigenvalue weighted by molar-refractivity contribution is 6.13. The molecule has 2 heterocycles. The van der Waals surface area contributed by atoms with Crippen LogP contribution in [0, 0.1) is 0 Å². The number of para-hydroxylation sites is 3. The zero-order valence-corrected chi connectivity index (χ0v) is 30.8. The van der Waals surface area contributed by atoms with Crippen LogP contribution in [0.3, 0.4) is 0 Å². The van der Waals surface area contributed by atoms with Gasteiger partial charge in [0, 0.05) is 32.8 Å². The molecule has 10 aromatic rings. The Hall–Kier alpha value is -6.64. The van der Waals surface area contributed by atoms with Gasteiger partial charge in [-0.25, -0.2) is 0 Å². The van der Waals surface area contributed by atoms with E-state index in [1.807, 2.05) is 0 Å². The van der Waals surface area contributed by atoms with Gasteiger partial charge in [0.25, 0.3) is 0 Å². The van der Waals surface area contributed by atoms with E-state index >= 15 is 0 Å². The molecule has 54 heavy (non-hydrogen) atoms. The molecule has 0 saturated heterocycles. The van der Waals surface area contributed by atoms with E-state index in [0.717, 1.165) is 5.69 Å². The van der Waals surface area contributed by atoms with E-state index in [1.165, 1.54) is 88.2 Å². The van der Waals surface area contributed by atoms with Gasteiger partial charge in [-0.1, -0.05) is 154 Å². The maximum atomic E-state index is 2.43. The molecule has 0 bridgehead atoms. The molecule has 0 fully saturated rings. The fourth-order valence-electron chi connectivity index (χ4n) is 8.36. The number of fused-ring (bicyclic) bond motifs is 6. The number of hydrogen-bond donors (Lipinski definition) is 0. The van der Waals surface area contributed by atoms with Crippen molar-refractivity contribution >= 4 is 43.6 Å². The molecule has 0 aliphatic rings. The molecule has 0 aliphatic heterocycles. The number of hydrogen-bond acceptors (Lipinski definition) is 0. The second-order valence-corrected chi connectivity index (χ2v) is 15.4. The first kappa shape index (κ1) is 32.0. The van der Waals surface area contributed by atoms with Crippen molar-refractivity contribution in [3.8, 4) is 44.8 Å². The Labute approximate surface area is 316 Å². The third-order valence-corrected chi connectivity index (χ3v) is 11.1. The van der Waals surface area contributed by atoms with Crippen molar-refractivity contribution in [3.05, 3.63) is 194 Å². The Morgan fingerprint density at radius 3 is 1.50 bits per heavy atom. The Morgan fingerprint density at radius 1 is 0.333 bits per heavy atom. The third-order valence-electron chi connectivity index (χ3n) is 11.1. The lowest BCUT2D eigenvalue weighted by Gasteiger charge is -2.19. The largest absolute Gasteiger partial charge is 0.309 e. The molecule has 2 heteroatoms. The van der Waals surface area contributed by atoms with Crippen LogP contribution in [0.4, 0.5) is 0 Å². The SMILES string of the molecule is CC(C)(C)c1ccc(-c2cccc(-n3c4ccccc4c4cc(-c5ccc6c(c5)c5ccccc5n6-c5ccccc5-c5ccccc5)ccc43)c2)cc1. The second-order valence-electron chi connectivity index (χ2n) is 15.4. The molecule has 0 N–H and O–H groups in total. The molecular weight excluding hydrogens is 653 g/mol. The molecule has 2 aromatic heterocycles. The van der Waals surface area contributed by atoms with Gasteiger partial charge >= 0.3 is 0 Å². The van der Waals surface area contributed by atoms with Crippen molar-refractivity contribution in [2.24, 2.45) is 0 Å². The smallest absolute Gasteiger partial charge is 0.0541 e. The predicted octanol–water partition coefficient (Wildman–Crippen LogP) is 14.2. The van der Waals surface area contributed by atoms with Crippen LogP contribution >= 0.6 is 0 Å². The highest BCUT2D eigenvalue weighted by Crippen LogP contribution is 2.40. The van der Waals surface area contributed by atoms with Crippen LogP contribution < -0.4 is 0 Å². The minimum atomic E-state index is 0.127. The summed E-state index contributed by atoms with van der Waals surface area (Å²) in [4.78, 5) is 0. The van der Waals surface area contributed by atoms with Gasteiger partial charge in [-0.15, -0.1) is 0 Å². The summed E-state index contributed by atoms with van der Waals surface area (Å²) in [6.45, 7) is 6.79. The van der Waals surface area contributed by atoms with Gasteiger partial charge < -0.3 is 9.13 Å². The molecule has 0 radical (unpaired) electrons. The van der Waals surface area contributed by atoms with Crippen LogP contribution in [0.25, 0.3) is 88.4 Å². The minimum absolute atomic E-state index is 0.127. The lowest BCUT2D eigenvalue weighted by atomic mass is 9.86. The van der Waals surface area contributed by atoms with E-state index in [1.54, 1.807) is 0 Å². The fourth-order valence-corrected chi connectivity index (χ4v) is 8.36. The Morgan fingerprint density at radius 2 is 0.833 bits per heavy atom. The number of rotatable bonds is 5. The molecule has 2 nitrogen and oxygen atoms in total. The molecule has 10 rings (SSSR count). The minimum Gasteiger partial charge on any atom is -0.309 e. The normalized spacial score (nSPS) is 12.0. The van der Waals surface area contributed by atoms with Gasteiger partial charge in [-0.3, -0.25) is 0 Å². The Bertz CT molecular complexity index is 3010. The van der Waals surface area contributed by atoms with E-state index in [0.29, 0.717) is 0 Å². The van der Waals surface area contributed by atoms with E-state index in [9.17, 15) is 0 Å². The maximum Gasteiger partial charge on any atom is 0.0541 e. The molecule has 8 aromatic carbocycles. The summed E-state index contributed by atoms with van der Waals surface area (Å²) in [6, 6.07) is 69.0. The summed E-state index contributed by atoms with van der Waals surface area (Å²) in [5.74, 6) is 0. The molecule has 0 spiro atoms. The van der Waals surface area contributed by atoms with Crippen molar-refractivity contribution in [1.29, 1.82) is 0 Å². The van der Waals surface area contributed by atoms with E-state index in [-0.39, 0.29) is 5.41 Å². The molecule has 0 aliphatic carbocycles. The second kappa shape index (κ2) is 12.5. The van der Waals surface area contributed by atoms with Gasteiger partial charge in [0.2, 0.25) is 0 Å². The topological polar surface area (TPSA) is 9.86 Å². The van der Waals surface area contributed by atoms with Gasteiger partial charge in [0.15, 0.2) is 0 Å². The van der Waals surface area contributed by atoms with Crippen LogP contribution in [-0.2, 0) is 5.41 Å². The molecule has 0 unspecified atom stereocenters. The zero-order valence-electron chi connectivity index (χ0n) is 30.8. The van der Waals surface area contributed by atoms with Crippen LogP contribution in [0.15, 0.2) is 188 Å². The fraction of sp³-hybridized carbons (Fsp3) is 0.0769. The highest BCUT2D eigenvalue weighted by atomic mass is 15.0. The summed E-state index contributed by atoms with van der Waals surface area (Å²) >= 11 is 0. The van der Waals surface area contributed by atoms with Crippen molar-refractivity contribution in [1.82, 2.24) is 9.13 Å². The summed E-state index contributed by atoms with van der Waals surface area (Å²) in [6.07, 6.45) is 0. The lowest BCUT2D eigenvalue weighted by molar-refractivity contribution is 0.590. The monoisotopic (exact) mass is 692 g/mol. The average Bonchev–Trinajstić information content (AvgIpc) is 3.73. The summed E-state index contributed by atoms with van der Waals surface area (Å²) in [7, 11) is 0. The van der Waals surface area contributed by atoms with Crippen LogP contribution in [0.2, 0.25) is 0 Å². The van der Waals surface area contributed by atoms with E-state index in [2.05, 4.69) is 218 Å². The van der Waals surface area contributed by atoms with Gasteiger partial charge in [0.05, 0.1) is 27.8 Å². The quantitative estimate of drug-likeness (QED) is 0.170. The standard InChI is InChI=1S/C52H40N2/c1-52(2,3)40-28-24-35(25-29-40)37-16-13-17-41(32-37)53-48-22-11-8-19-43(48)45-33-38(26-30-50(45)53)39-27-31-51-46(34-39)44-20-9-12-23-49(44)54(51)47-21-10-7-18-42(47)36-14-5-4-6-15-36/h4-34H,1-3H3. The lowest BCUT2D eigenvalue weighted by Crippen LogP contribution is -2.10. The molecule has 258 valence electrons. The first-order valence-electron chi connectivity index (χ1n) is 18.9. The Balaban J connectivity index is 1.10. The number of aromatic nitrogens is 2. The van der Waals surface area contributed by atoms with Crippen LogP contribution in [0.5, 0.6) is 0 Å². The van der Waals surface area contributed by atoms with Crippen molar-refractivity contribution in [3.63, 3.8) is 0 Å². The molecule has 0 saturated carbocycles. The van der Waals surface area contributed by atoms with Gasteiger partial charge in [-0.05, 0) is 93.4 Å². The molecular formula is C52H40N2. The van der Waals surface area contributed by atoms with Crippen LogP contribution in [-0.4, -0.2) is 9.13 Å².